The van der Waals surface area contributed by atoms with Gasteiger partial charge >= 0.3 is 0 Å². The van der Waals surface area contributed by atoms with Crippen LogP contribution in [0.5, 0.6) is 0 Å². The van der Waals surface area contributed by atoms with Crippen LogP contribution in [-0.2, 0) is 0 Å². The van der Waals surface area contributed by atoms with Crippen molar-refractivity contribution >= 4 is 22.4 Å². The summed E-state index contributed by atoms with van der Waals surface area (Å²) < 4.78 is 0. The van der Waals surface area contributed by atoms with Crippen LogP contribution in [0.2, 0.25) is 0 Å². The molecule has 2 aromatic heterocycles. The molecular weight excluding hydrogens is 206 g/mol. The van der Waals surface area contributed by atoms with Gasteiger partial charge in [0.15, 0.2) is 0 Å². The Morgan fingerprint density at radius 3 is 2.87 bits per heavy atom. The monoisotopic (exact) mass is 213 g/mol. The van der Waals surface area contributed by atoms with Crippen LogP contribution in [0.15, 0.2) is 41.4 Å². The highest BCUT2D eigenvalue weighted by atomic mass is 32.1. The summed E-state index contributed by atoms with van der Waals surface area (Å²) in [6.45, 7) is 0. The minimum atomic E-state index is 0.834. The van der Waals surface area contributed by atoms with Gasteiger partial charge in [0.1, 0.15) is 11.8 Å². The van der Waals surface area contributed by atoms with Gasteiger partial charge in [0.05, 0.1) is 5.52 Å². The summed E-state index contributed by atoms with van der Waals surface area (Å²) in [7, 11) is 0. The molecular formula is C11H7N3S. The van der Waals surface area contributed by atoms with Crippen LogP contribution < -0.4 is 0 Å². The third-order valence-electron chi connectivity index (χ3n) is 2.24. The van der Waals surface area contributed by atoms with Gasteiger partial charge in [0.25, 0.3) is 0 Å². The van der Waals surface area contributed by atoms with Crippen molar-refractivity contribution in [2.24, 2.45) is 0 Å². The molecule has 72 valence electrons. The maximum atomic E-state index is 4.13. The lowest BCUT2D eigenvalue weighted by molar-refractivity contribution is 1.02. The number of fused-ring (bicyclic) bond motifs is 1. The van der Waals surface area contributed by atoms with Gasteiger partial charge in [-0.3, -0.25) is 0 Å². The number of hydrogen-bond donors (Lipinski definition) is 0. The van der Waals surface area contributed by atoms with E-state index < -0.39 is 0 Å². The molecule has 3 aromatic rings. The number of hydrogen-bond acceptors (Lipinski definition) is 4. The molecule has 4 heteroatoms. The molecule has 0 N–H and O–H groups in total. The van der Waals surface area contributed by atoms with Crippen molar-refractivity contribution in [1.29, 1.82) is 0 Å². The SMILES string of the molecule is c1nnc2cc(-c3ccsc3)ccc2n1. The maximum Gasteiger partial charge on any atom is 0.138 e. The third-order valence-corrected chi connectivity index (χ3v) is 2.93. The highest BCUT2D eigenvalue weighted by molar-refractivity contribution is 7.08. The smallest absolute Gasteiger partial charge is 0.138 e. The fourth-order valence-corrected chi connectivity index (χ4v) is 2.16. The summed E-state index contributed by atoms with van der Waals surface area (Å²) in [6, 6.07) is 8.13. The van der Waals surface area contributed by atoms with Gasteiger partial charge in [0.2, 0.25) is 0 Å². The molecule has 0 amide bonds. The molecule has 15 heavy (non-hydrogen) atoms. The Morgan fingerprint density at radius 1 is 1.00 bits per heavy atom. The first kappa shape index (κ1) is 8.49. The largest absolute Gasteiger partial charge is 0.233 e. The zero-order valence-corrected chi connectivity index (χ0v) is 8.61. The quantitative estimate of drug-likeness (QED) is 0.624. The van der Waals surface area contributed by atoms with Crippen molar-refractivity contribution in [2.75, 3.05) is 0 Å². The molecule has 0 aliphatic carbocycles. The molecule has 0 atom stereocenters. The Bertz CT molecular complexity index is 590. The molecule has 1 aromatic carbocycles. The van der Waals surface area contributed by atoms with E-state index in [9.17, 15) is 0 Å². The van der Waals surface area contributed by atoms with Crippen LogP contribution in [0.1, 0.15) is 0 Å². The van der Waals surface area contributed by atoms with E-state index >= 15 is 0 Å². The van der Waals surface area contributed by atoms with Gasteiger partial charge in [0, 0.05) is 0 Å². The lowest BCUT2D eigenvalue weighted by Crippen LogP contribution is -1.86. The van der Waals surface area contributed by atoms with E-state index in [0.717, 1.165) is 16.6 Å². The fraction of sp³-hybridized carbons (Fsp3) is 0. The Morgan fingerprint density at radius 2 is 2.00 bits per heavy atom. The molecule has 0 unspecified atom stereocenters. The van der Waals surface area contributed by atoms with Crippen LogP contribution in [0.3, 0.4) is 0 Å². The summed E-state index contributed by atoms with van der Waals surface area (Å²) in [5.74, 6) is 0. The second-order valence-electron chi connectivity index (χ2n) is 3.18. The average Bonchev–Trinajstić information content (AvgIpc) is 2.82. The molecule has 0 saturated heterocycles. The van der Waals surface area contributed by atoms with Crippen molar-refractivity contribution < 1.29 is 0 Å². The first-order valence-electron chi connectivity index (χ1n) is 4.53. The lowest BCUT2D eigenvalue weighted by atomic mass is 10.1. The normalized spacial score (nSPS) is 10.7. The predicted octanol–water partition coefficient (Wildman–Crippen LogP) is 2.75. The van der Waals surface area contributed by atoms with Crippen LogP contribution in [0, 0.1) is 0 Å². The second kappa shape index (κ2) is 3.40. The standard InChI is InChI=1S/C11H7N3S/c1-2-10-11(14-13-7-12-10)5-8(1)9-3-4-15-6-9/h1-7H. The van der Waals surface area contributed by atoms with Crippen molar-refractivity contribution in [1.82, 2.24) is 15.2 Å². The van der Waals surface area contributed by atoms with Crippen LogP contribution in [-0.4, -0.2) is 15.2 Å². The molecule has 0 aliphatic rings. The number of nitrogens with zero attached hydrogens (tertiary/aromatic N) is 3. The minimum Gasteiger partial charge on any atom is -0.233 e. The van der Waals surface area contributed by atoms with Crippen LogP contribution in [0.25, 0.3) is 22.2 Å². The van der Waals surface area contributed by atoms with E-state index in [0.29, 0.717) is 0 Å². The summed E-state index contributed by atoms with van der Waals surface area (Å²) >= 11 is 1.69. The summed E-state index contributed by atoms with van der Waals surface area (Å²) in [4.78, 5) is 4.13. The number of rotatable bonds is 1. The second-order valence-corrected chi connectivity index (χ2v) is 3.96. The van der Waals surface area contributed by atoms with E-state index in [4.69, 9.17) is 0 Å². The van der Waals surface area contributed by atoms with Gasteiger partial charge in [-0.1, -0.05) is 6.07 Å². The van der Waals surface area contributed by atoms with E-state index in [2.05, 4.69) is 38.1 Å². The Balaban J connectivity index is 2.22. The van der Waals surface area contributed by atoms with Gasteiger partial charge in [-0.15, -0.1) is 10.2 Å². The molecule has 3 nitrogen and oxygen atoms in total. The molecule has 2 heterocycles. The first-order valence-corrected chi connectivity index (χ1v) is 5.48. The number of aromatic nitrogens is 3. The van der Waals surface area contributed by atoms with Gasteiger partial charge in [-0.05, 0) is 40.1 Å². The minimum absolute atomic E-state index is 0.834. The number of thiophene rings is 1. The lowest BCUT2D eigenvalue weighted by Gasteiger charge is -1.98. The molecule has 0 radical (unpaired) electrons. The van der Waals surface area contributed by atoms with E-state index in [1.54, 1.807) is 11.3 Å². The molecule has 0 aliphatic heterocycles. The molecule has 0 spiro atoms. The van der Waals surface area contributed by atoms with E-state index in [-0.39, 0.29) is 0 Å². The highest BCUT2D eigenvalue weighted by Crippen LogP contribution is 2.24. The van der Waals surface area contributed by atoms with Crippen molar-refractivity contribution in [3.8, 4) is 11.1 Å². The molecule has 0 saturated carbocycles. The van der Waals surface area contributed by atoms with Gasteiger partial charge in [-0.2, -0.15) is 11.3 Å². The highest BCUT2D eigenvalue weighted by Gasteiger charge is 2.01. The Kier molecular flexibility index (Phi) is 1.93. The first-order chi connectivity index (χ1) is 7.43. The Hall–Kier alpha value is -1.81. The summed E-state index contributed by atoms with van der Waals surface area (Å²) in [6.07, 6.45) is 1.46. The Labute approximate surface area is 90.4 Å². The van der Waals surface area contributed by atoms with Crippen molar-refractivity contribution in [3.05, 3.63) is 41.4 Å². The average molecular weight is 213 g/mol. The number of benzene rings is 1. The van der Waals surface area contributed by atoms with Gasteiger partial charge < -0.3 is 0 Å². The summed E-state index contributed by atoms with van der Waals surface area (Å²) in [5, 5.41) is 12.0. The fourth-order valence-electron chi connectivity index (χ4n) is 1.50. The maximum absolute atomic E-state index is 4.13. The predicted molar refractivity (Wildman–Crippen MR) is 60.6 cm³/mol. The van der Waals surface area contributed by atoms with E-state index in [1.807, 2.05) is 12.1 Å². The van der Waals surface area contributed by atoms with Crippen LogP contribution in [0.4, 0.5) is 0 Å². The van der Waals surface area contributed by atoms with Crippen molar-refractivity contribution in [2.45, 2.75) is 0 Å². The molecule has 0 bridgehead atoms. The third kappa shape index (κ3) is 1.49. The topological polar surface area (TPSA) is 38.7 Å². The zero-order chi connectivity index (χ0) is 10.1. The zero-order valence-electron chi connectivity index (χ0n) is 7.79. The van der Waals surface area contributed by atoms with Gasteiger partial charge in [-0.25, -0.2) is 4.98 Å². The van der Waals surface area contributed by atoms with Crippen LogP contribution >= 0.6 is 11.3 Å². The van der Waals surface area contributed by atoms with Crippen molar-refractivity contribution in [3.63, 3.8) is 0 Å². The molecule has 0 fully saturated rings. The molecule has 3 rings (SSSR count). The van der Waals surface area contributed by atoms with E-state index in [1.165, 1.54) is 11.9 Å². The summed E-state index contributed by atoms with van der Waals surface area (Å²) in [5.41, 5.74) is 4.09.